The van der Waals surface area contributed by atoms with Gasteiger partial charge in [0.2, 0.25) is 0 Å². The SMILES string of the molecule is OC[C@@H]1CCCN1Cc1nc2ccc(N3CCCCCC3)nc2n1Cc1ccc(Cl)cc1. The third kappa shape index (κ3) is 4.63. The molecule has 0 radical (unpaired) electrons. The van der Waals surface area contributed by atoms with Crippen molar-refractivity contribution in [3.63, 3.8) is 0 Å². The van der Waals surface area contributed by atoms with Gasteiger partial charge in [0.15, 0.2) is 5.65 Å². The third-order valence-electron chi connectivity index (χ3n) is 6.89. The number of rotatable bonds is 6. The molecule has 2 saturated heterocycles. The van der Waals surface area contributed by atoms with Crippen molar-refractivity contribution in [1.29, 1.82) is 0 Å². The summed E-state index contributed by atoms with van der Waals surface area (Å²) in [6.45, 7) is 4.78. The number of nitrogens with zero attached hydrogens (tertiary/aromatic N) is 5. The van der Waals surface area contributed by atoms with E-state index in [1.54, 1.807) is 0 Å². The normalized spacial score (nSPS) is 20.2. The Morgan fingerprint density at radius 1 is 0.875 bits per heavy atom. The Labute approximate surface area is 194 Å². The lowest BCUT2D eigenvalue weighted by Crippen LogP contribution is -2.32. The van der Waals surface area contributed by atoms with Crippen LogP contribution in [-0.4, -0.2) is 56.8 Å². The van der Waals surface area contributed by atoms with Crippen LogP contribution in [0.5, 0.6) is 0 Å². The Bertz CT molecular complexity index is 1040. The molecule has 0 spiro atoms. The summed E-state index contributed by atoms with van der Waals surface area (Å²) in [6, 6.07) is 12.5. The topological polar surface area (TPSA) is 57.4 Å². The summed E-state index contributed by atoms with van der Waals surface area (Å²) >= 11 is 6.12. The third-order valence-corrected chi connectivity index (χ3v) is 7.15. The van der Waals surface area contributed by atoms with Crippen LogP contribution < -0.4 is 4.90 Å². The summed E-state index contributed by atoms with van der Waals surface area (Å²) in [5.41, 5.74) is 3.06. The van der Waals surface area contributed by atoms with Crippen LogP contribution in [0.3, 0.4) is 0 Å². The fraction of sp³-hybridized carbons (Fsp3) is 0.520. The predicted octanol–water partition coefficient (Wildman–Crippen LogP) is 4.47. The van der Waals surface area contributed by atoms with E-state index in [2.05, 4.69) is 38.6 Å². The zero-order chi connectivity index (χ0) is 21.9. The van der Waals surface area contributed by atoms with E-state index >= 15 is 0 Å². The van der Waals surface area contributed by atoms with E-state index in [9.17, 15) is 5.11 Å². The number of pyridine rings is 1. The number of aliphatic hydroxyl groups excluding tert-OH is 1. The summed E-state index contributed by atoms with van der Waals surface area (Å²) in [7, 11) is 0. The average molecular weight is 454 g/mol. The van der Waals surface area contributed by atoms with Crippen molar-refractivity contribution in [2.24, 2.45) is 0 Å². The molecular formula is C25H32ClN5O. The molecule has 1 aromatic carbocycles. The van der Waals surface area contributed by atoms with E-state index in [4.69, 9.17) is 21.6 Å². The summed E-state index contributed by atoms with van der Waals surface area (Å²) in [5.74, 6) is 2.06. The van der Waals surface area contributed by atoms with Gasteiger partial charge < -0.3 is 14.6 Å². The van der Waals surface area contributed by atoms with Gasteiger partial charge in [-0.2, -0.15) is 0 Å². The first-order chi connectivity index (χ1) is 15.7. The molecule has 7 heteroatoms. The van der Waals surface area contributed by atoms with Crippen LogP contribution >= 0.6 is 11.6 Å². The van der Waals surface area contributed by atoms with Gasteiger partial charge in [0.05, 0.1) is 19.7 Å². The largest absolute Gasteiger partial charge is 0.395 e. The Morgan fingerprint density at radius 2 is 1.66 bits per heavy atom. The van der Waals surface area contributed by atoms with Gasteiger partial charge >= 0.3 is 0 Å². The summed E-state index contributed by atoms with van der Waals surface area (Å²) in [4.78, 5) is 14.9. The monoisotopic (exact) mass is 453 g/mol. The molecule has 2 aliphatic heterocycles. The first-order valence-electron chi connectivity index (χ1n) is 11.9. The van der Waals surface area contributed by atoms with Gasteiger partial charge in [0.1, 0.15) is 17.2 Å². The number of likely N-dealkylation sites (tertiary alicyclic amines) is 1. The summed E-state index contributed by atoms with van der Waals surface area (Å²) in [5, 5.41) is 10.5. The van der Waals surface area contributed by atoms with Gasteiger partial charge in [-0.15, -0.1) is 0 Å². The Balaban J connectivity index is 1.52. The molecule has 5 rings (SSSR count). The van der Waals surface area contributed by atoms with Crippen LogP contribution in [0.2, 0.25) is 5.02 Å². The van der Waals surface area contributed by atoms with Crippen molar-refractivity contribution in [1.82, 2.24) is 19.4 Å². The van der Waals surface area contributed by atoms with Crippen LogP contribution in [0, 0.1) is 0 Å². The van der Waals surface area contributed by atoms with Crippen LogP contribution in [0.4, 0.5) is 5.82 Å². The number of halogens is 1. The predicted molar refractivity (Wildman–Crippen MR) is 129 cm³/mol. The molecule has 0 bridgehead atoms. The van der Waals surface area contributed by atoms with Crippen molar-refractivity contribution >= 4 is 28.6 Å². The van der Waals surface area contributed by atoms with Gasteiger partial charge in [-0.05, 0) is 62.1 Å². The van der Waals surface area contributed by atoms with Crippen molar-refractivity contribution in [2.75, 3.05) is 31.1 Å². The molecule has 3 aromatic rings. The fourth-order valence-electron chi connectivity index (χ4n) is 5.07. The Morgan fingerprint density at radius 3 is 2.41 bits per heavy atom. The van der Waals surface area contributed by atoms with Gasteiger partial charge in [-0.1, -0.05) is 36.6 Å². The minimum atomic E-state index is 0.203. The molecule has 2 fully saturated rings. The lowest BCUT2D eigenvalue weighted by Gasteiger charge is -2.23. The molecule has 1 atom stereocenters. The lowest BCUT2D eigenvalue weighted by molar-refractivity contribution is 0.150. The van der Waals surface area contributed by atoms with Gasteiger partial charge in [0, 0.05) is 24.2 Å². The highest BCUT2D eigenvalue weighted by atomic mass is 35.5. The van der Waals surface area contributed by atoms with E-state index in [1.807, 2.05) is 12.1 Å². The van der Waals surface area contributed by atoms with E-state index < -0.39 is 0 Å². The smallest absolute Gasteiger partial charge is 0.162 e. The second kappa shape index (κ2) is 9.77. The molecule has 0 saturated carbocycles. The number of benzene rings is 1. The minimum absolute atomic E-state index is 0.203. The minimum Gasteiger partial charge on any atom is -0.395 e. The van der Waals surface area contributed by atoms with Gasteiger partial charge in [-0.3, -0.25) is 4.90 Å². The van der Waals surface area contributed by atoms with Crippen molar-refractivity contribution in [3.8, 4) is 0 Å². The first kappa shape index (κ1) is 21.7. The van der Waals surface area contributed by atoms with Gasteiger partial charge in [0.25, 0.3) is 0 Å². The molecule has 32 heavy (non-hydrogen) atoms. The standard InChI is InChI=1S/C25H32ClN5O/c26-20-9-7-19(8-10-20)16-31-24(17-30-15-5-6-21(30)18-32)27-22-11-12-23(28-25(22)31)29-13-3-1-2-4-14-29/h7-12,21,32H,1-6,13-18H2/t21-/m0/s1. The summed E-state index contributed by atoms with van der Waals surface area (Å²) < 4.78 is 2.26. The first-order valence-corrected chi connectivity index (χ1v) is 12.3. The molecule has 0 amide bonds. The van der Waals surface area contributed by atoms with Gasteiger partial charge in [-0.25, -0.2) is 9.97 Å². The van der Waals surface area contributed by atoms with E-state index in [0.717, 1.165) is 66.8 Å². The van der Waals surface area contributed by atoms with E-state index in [-0.39, 0.29) is 12.6 Å². The number of aromatic nitrogens is 3. The molecular weight excluding hydrogens is 422 g/mol. The average Bonchev–Trinajstić information content (AvgIpc) is 3.28. The van der Waals surface area contributed by atoms with Crippen LogP contribution in [0.25, 0.3) is 11.2 Å². The molecule has 4 heterocycles. The van der Waals surface area contributed by atoms with Crippen molar-refractivity contribution in [2.45, 2.75) is 57.7 Å². The second-order valence-electron chi connectivity index (χ2n) is 9.10. The van der Waals surface area contributed by atoms with Crippen LogP contribution in [0.15, 0.2) is 36.4 Å². The number of aliphatic hydroxyl groups is 1. The van der Waals surface area contributed by atoms with E-state index in [0.29, 0.717) is 6.54 Å². The number of hydrogen-bond acceptors (Lipinski definition) is 5. The fourth-order valence-corrected chi connectivity index (χ4v) is 5.19. The molecule has 6 nitrogen and oxygen atoms in total. The van der Waals surface area contributed by atoms with Crippen LogP contribution in [-0.2, 0) is 13.1 Å². The second-order valence-corrected chi connectivity index (χ2v) is 9.54. The van der Waals surface area contributed by atoms with Crippen molar-refractivity contribution < 1.29 is 5.11 Å². The number of imidazole rings is 1. The van der Waals surface area contributed by atoms with Crippen molar-refractivity contribution in [3.05, 3.63) is 52.8 Å². The molecule has 0 unspecified atom stereocenters. The zero-order valence-corrected chi connectivity index (χ0v) is 19.3. The quantitative estimate of drug-likeness (QED) is 0.596. The number of hydrogen-bond donors (Lipinski definition) is 1. The molecule has 170 valence electrons. The van der Waals surface area contributed by atoms with Crippen LogP contribution in [0.1, 0.15) is 49.9 Å². The Hall–Kier alpha value is -2.15. The highest BCUT2D eigenvalue weighted by molar-refractivity contribution is 6.30. The molecule has 2 aliphatic rings. The number of fused-ring (bicyclic) bond motifs is 1. The maximum atomic E-state index is 9.79. The molecule has 1 N–H and O–H groups in total. The highest BCUT2D eigenvalue weighted by Gasteiger charge is 2.26. The zero-order valence-electron chi connectivity index (χ0n) is 18.6. The maximum absolute atomic E-state index is 9.79. The highest BCUT2D eigenvalue weighted by Crippen LogP contribution is 2.26. The molecule has 2 aromatic heterocycles. The van der Waals surface area contributed by atoms with E-state index in [1.165, 1.54) is 31.2 Å². The molecule has 0 aliphatic carbocycles. The Kier molecular flexibility index (Phi) is 6.62. The summed E-state index contributed by atoms with van der Waals surface area (Å²) in [6.07, 6.45) is 7.24. The maximum Gasteiger partial charge on any atom is 0.162 e. The number of anilines is 1. The lowest BCUT2D eigenvalue weighted by atomic mass is 10.2.